The minimum absolute atomic E-state index is 0.194. The molecule has 2 heterocycles. The van der Waals surface area contributed by atoms with Crippen LogP contribution in [0, 0.1) is 0 Å². The number of allylic oxidation sites excluding steroid dienone is 1. The number of ether oxygens (including phenoxy) is 3. The third-order valence-electron chi connectivity index (χ3n) is 7.55. The van der Waals surface area contributed by atoms with Crippen molar-refractivity contribution in [3.05, 3.63) is 138 Å². The van der Waals surface area contributed by atoms with E-state index in [1.54, 1.807) is 26.0 Å². The molecule has 9 heteroatoms. The van der Waals surface area contributed by atoms with Crippen LogP contribution in [0.15, 0.2) is 106 Å². The monoisotopic (exact) mass is 638 g/mol. The average Bonchev–Trinajstić information content (AvgIpc) is 3.34. The number of rotatable bonds is 9. The van der Waals surface area contributed by atoms with Gasteiger partial charge in [-0.05, 0) is 72.5 Å². The van der Waals surface area contributed by atoms with Gasteiger partial charge in [0.2, 0.25) is 0 Å². The van der Waals surface area contributed by atoms with Crippen molar-refractivity contribution >= 4 is 45.8 Å². The second kappa shape index (κ2) is 13.1. The summed E-state index contributed by atoms with van der Waals surface area (Å²) in [6.07, 6.45) is 1.80. The second-order valence-electron chi connectivity index (χ2n) is 10.4. The normalized spacial score (nSPS) is 14.7. The highest BCUT2D eigenvalue weighted by Crippen LogP contribution is 2.35. The molecule has 7 nitrogen and oxygen atoms in total. The van der Waals surface area contributed by atoms with Crippen molar-refractivity contribution in [2.45, 2.75) is 33.4 Å². The van der Waals surface area contributed by atoms with E-state index in [1.165, 1.54) is 15.9 Å². The van der Waals surface area contributed by atoms with E-state index in [1.807, 2.05) is 61.5 Å². The molecule has 5 aromatic rings. The summed E-state index contributed by atoms with van der Waals surface area (Å²) in [5.74, 6) is 0.656. The first-order chi connectivity index (χ1) is 21.9. The zero-order valence-corrected chi connectivity index (χ0v) is 26.7. The van der Waals surface area contributed by atoms with Crippen LogP contribution in [-0.2, 0) is 16.1 Å². The molecule has 4 aromatic carbocycles. The molecule has 228 valence electrons. The summed E-state index contributed by atoms with van der Waals surface area (Å²) in [5, 5.41) is 2.73. The van der Waals surface area contributed by atoms with E-state index >= 15 is 0 Å². The molecule has 45 heavy (non-hydrogen) atoms. The number of thiazole rings is 1. The van der Waals surface area contributed by atoms with Gasteiger partial charge in [-0.3, -0.25) is 9.36 Å². The first-order valence-electron chi connectivity index (χ1n) is 14.7. The Morgan fingerprint density at radius 1 is 0.956 bits per heavy atom. The lowest BCUT2D eigenvalue weighted by Crippen LogP contribution is -2.40. The van der Waals surface area contributed by atoms with Crippen LogP contribution in [0.4, 0.5) is 0 Å². The first-order valence-corrected chi connectivity index (χ1v) is 15.9. The lowest BCUT2D eigenvalue weighted by atomic mass is 9.96. The van der Waals surface area contributed by atoms with E-state index in [0.717, 1.165) is 21.9 Å². The first kappa shape index (κ1) is 30.4. The minimum Gasteiger partial charge on any atom is -0.490 e. The summed E-state index contributed by atoms with van der Waals surface area (Å²) in [4.78, 5) is 32.3. The number of benzene rings is 4. The molecule has 0 saturated heterocycles. The van der Waals surface area contributed by atoms with Crippen LogP contribution >= 0.6 is 22.9 Å². The van der Waals surface area contributed by atoms with Gasteiger partial charge in [0.1, 0.15) is 12.6 Å². The van der Waals surface area contributed by atoms with E-state index in [9.17, 15) is 9.59 Å². The number of carbonyl (C=O) groups excluding carboxylic acids is 1. The summed E-state index contributed by atoms with van der Waals surface area (Å²) in [7, 11) is 0. The molecular formula is C36H31ClN2O5S. The van der Waals surface area contributed by atoms with Crippen molar-refractivity contribution in [2.75, 3.05) is 13.2 Å². The molecule has 1 atom stereocenters. The highest BCUT2D eigenvalue weighted by Gasteiger charge is 2.34. The third-order valence-corrected chi connectivity index (χ3v) is 8.87. The van der Waals surface area contributed by atoms with E-state index in [-0.39, 0.29) is 17.7 Å². The van der Waals surface area contributed by atoms with Crippen molar-refractivity contribution in [1.82, 2.24) is 4.57 Å². The summed E-state index contributed by atoms with van der Waals surface area (Å²) < 4.78 is 19.5. The molecule has 0 amide bonds. The SMILES string of the molecule is CCOC(=O)C1=C(C)N=c2sc(=Cc3ccc(OCc4cccc5ccccc45)c(OCC)c3)c(=O)n2[C@@H]1c1ccccc1Cl. The van der Waals surface area contributed by atoms with Gasteiger partial charge in [-0.1, -0.05) is 89.7 Å². The Morgan fingerprint density at radius 2 is 1.73 bits per heavy atom. The number of halogens is 1. The standard InChI is InChI=1S/C36H31ClN2O5S/c1-4-42-30-19-23(17-18-29(30)44-21-25-13-10-12-24-11-6-7-14-26(24)25)20-31-34(40)39-33(27-15-8-9-16-28(27)37)32(35(41)43-5-2)22(3)38-36(39)45-31/h6-20,33H,4-5,21H2,1-3H3/t33-/m1/s1. The highest BCUT2D eigenvalue weighted by molar-refractivity contribution is 7.07. The van der Waals surface area contributed by atoms with Gasteiger partial charge in [0.05, 0.1) is 29.0 Å². The number of hydrogen-bond acceptors (Lipinski definition) is 7. The maximum atomic E-state index is 14.0. The molecule has 0 unspecified atom stereocenters. The van der Waals surface area contributed by atoms with Crippen LogP contribution in [0.1, 0.15) is 43.5 Å². The zero-order valence-electron chi connectivity index (χ0n) is 25.1. The molecular weight excluding hydrogens is 608 g/mol. The van der Waals surface area contributed by atoms with Gasteiger partial charge in [-0.2, -0.15) is 0 Å². The molecule has 1 aliphatic rings. The maximum Gasteiger partial charge on any atom is 0.338 e. The van der Waals surface area contributed by atoms with Crippen molar-refractivity contribution in [2.24, 2.45) is 4.99 Å². The number of fused-ring (bicyclic) bond motifs is 2. The van der Waals surface area contributed by atoms with E-state index < -0.39 is 12.0 Å². The zero-order chi connectivity index (χ0) is 31.5. The molecule has 0 N–H and O–H groups in total. The molecule has 6 rings (SSSR count). The van der Waals surface area contributed by atoms with E-state index in [4.69, 9.17) is 25.8 Å². The Balaban J connectivity index is 1.38. The van der Waals surface area contributed by atoms with Gasteiger partial charge in [0, 0.05) is 5.02 Å². The highest BCUT2D eigenvalue weighted by atomic mass is 35.5. The molecule has 1 aliphatic heterocycles. The summed E-state index contributed by atoms with van der Waals surface area (Å²) in [6.45, 7) is 6.42. The summed E-state index contributed by atoms with van der Waals surface area (Å²) in [6, 6.07) is 26.4. The second-order valence-corrected chi connectivity index (χ2v) is 11.8. The van der Waals surface area contributed by atoms with Crippen LogP contribution in [-0.4, -0.2) is 23.8 Å². The van der Waals surface area contributed by atoms with Crippen molar-refractivity contribution in [3.63, 3.8) is 0 Å². The summed E-state index contributed by atoms with van der Waals surface area (Å²) >= 11 is 7.86. The van der Waals surface area contributed by atoms with Crippen LogP contribution in [0.5, 0.6) is 11.5 Å². The fraction of sp³-hybridized carbons (Fsp3) is 0.194. The number of esters is 1. The smallest absolute Gasteiger partial charge is 0.338 e. The number of carbonyl (C=O) groups is 1. The molecule has 0 spiro atoms. The van der Waals surface area contributed by atoms with E-state index in [2.05, 4.69) is 29.3 Å². The lowest BCUT2D eigenvalue weighted by Gasteiger charge is -2.25. The Morgan fingerprint density at radius 3 is 2.53 bits per heavy atom. The number of aromatic nitrogens is 1. The quantitative estimate of drug-likeness (QED) is 0.170. The van der Waals surface area contributed by atoms with Crippen LogP contribution in [0.25, 0.3) is 16.8 Å². The minimum atomic E-state index is -0.778. The Labute approximate surface area is 269 Å². The van der Waals surface area contributed by atoms with Crippen molar-refractivity contribution < 1.29 is 19.0 Å². The molecule has 0 aliphatic carbocycles. The third kappa shape index (κ3) is 6.03. The molecule has 0 bridgehead atoms. The molecule has 0 fully saturated rings. The van der Waals surface area contributed by atoms with E-state index in [0.29, 0.717) is 50.3 Å². The number of nitrogens with zero attached hydrogens (tertiary/aromatic N) is 2. The Kier molecular flexibility index (Phi) is 8.87. The van der Waals surface area contributed by atoms with Gasteiger partial charge in [-0.15, -0.1) is 0 Å². The molecule has 0 saturated carbocycles. The number of hydrogen-bond donors (Lipinski definition) is 0. The Bertz CT molecular complexity index is 2130. The Hall–Kier alpha value is -4.66. The van der Waals surface area contributed by atoms with Crippen LogP contribution in [0.3, 0.4) is 0 Å². The van der Waals surface area contributed by atoms with Crippen molar-refractivity contribution in [3.8, 4) is 11.5 Å². The van der Waals surface area contributed by atoms with Gasteiger partial charge in [-0.25, -0.2) is 9.79 Å². The van der Waals surface area contributed by atoms with Gasteiger partial charge >= 0.3 is 5.97 Å². The van der Waals surface area contributed by atoms with Crippen molar-refractivity contribution in [1.29, 1.82) is 0 Å². The van der Waals surface area contributed by atoms with Crippen LogP contribution < -0.4 is 24.4 Å². The fourth-order valence-corrected chi connectivity index (χ4v) is 6.80. The van der Waals surface area contributed by atoms with Gasteiger partial charge in [0.25, 0.3) is 5.56 Å². The van der Waals surface area contributed by atoms with Gasteiger partial charge in [0.15, 0.2) is 16.3 Å². The lowest BCUT2D eigenvalue weighted by molar-refractivity contribution is -0.139. The van der Waals surface area contributed by atoms with Crippen LogP contribution in [0.2, 0.25) is 5.02 Å². The largest absolute Gasteiger partial charge is 0.490 e. The molecule has 0 radical (unpaired) electrons. The van der Waals surface area contributed by atoms with Gasteiger partial charge < -0.3 is 14.2 Å². The maximum absolute atomic E-state index is 14.0. The molecule has 1 aromatic heterocycles. The predicted molar refractivity (Wildman–Crippen MR) is 178 cm³/mol. The fourth-order valence-electron chi connectivity index (χ4n) is 5.51. The summed E-state index contributed by atoms with van der Waals surface area (Å²) in [5.41, 5.74) is 2.94. The predicted octanol–water partition coefficient (Wildman–Crippen LogP) is 6.58. The topological polar surface area (TPSA) is 79.1 Å². The average molecular weight is 639 g/mol.